The molecule has 0 aromatic heterocycles. The van der Waals surface area contributed by atoms with Crippen molar-refractivity contribution in [3.05, 3.63) is 11.6 Å². The van der Waals surface area contributed by atoms with Gasteiger partial charge in [-0.25, -0.2) is 4.79 Å². The van der Waals surface area contributed by atoms with E-state index in [-0.39, 0.29) is 5.92 Å². The van der Waals surface area contributed by atoms with Gasteiger partial charge in [0.1, 0.15) is 12.2 Å². The monoisotopic (exact) mass is 396 g/mol. The van der Waals surface area contributed by atoms with Crippen LogP contribution in [-0.4, -0.2) is 70.1 Å². The zero-order valence-electron chi connectivity index (χ0n) is 17.1. The van der Waals surface area contributed by atoms with Crippen LogP contribution in [0.25, 0.3) is 0 Å². The molecular formula is C21H32O7. The number of carbonyl (C=O) groups excluding carboxylic acids is 1. The van der Waals surface area contributed by atoms with Crippen LogP contribution in [0.3, 0.4) is 0 Å². The second-order valence-electron chi connectivity index (χ2n) is 9.79. The fourth-order valence-corrected chi connectivity index (χ4v) is 7.50. The summed E-state index contributed by atoms with van der Waals surface area (Å²) in [6, 6.07) is 0. The Morgan fingerprint density at radius 1 is 1.14 bits per heavy atom. The van der Waals surface area contributed by atoms with Crippen LogP contribution in [0.1, 0.15) is 34.1 Å². The molecule has 1 aliphatic heterocycles. The number of esters is 1. The SMILES string of the molecule is CO[C@H]1C=C(C)[C@@H]2C[C@H]3OC(=O)[C@H](O)C4[C@@H](C)[C@@H](O)[C@H](O)[C@@H]([C@]43C)[C@@]2(C)[C@@H]1O. The van der Waals surface area contributed by atoms with Crippen molar-refractivity contribution in [3.63, 3.8) is 0 Å². The first kappa shape index (κ1) is 20.3. The van der Waals surface area contributed by atoms with E-state index < -0.39 is 71.2 Å². The zero-order valence-corrected chi connectivity index (χ0v) is 17.1. The Hall–Kier alpha value is -0.990. The van der Waals surface area contributed by atoms with Gasteiger partial charge in [-0.2, -0.15) is 0 Å². The van der Waals surface area contributed by atoms with E-state index in [2.05, 4.69) is 0 Å². The van der Waals surface area contributed by atoms with Gasteiger partial charge in [0.2, 0.25) is 0 Å². The lowest BCUT2D eigenvalue weighted by molar-refractivity contribution is -0.310. The van der Waals surface area contributed by atoms with Gasteiger partial charge in [0, 0.05) is 29.8 Å². The van der Waals surface area contributed by atoms with Crippen molar-refractivity contribution >= 4 is 5.97 Å². The van der Waals surface area contributed by atoms with Crippen LogP contribution in [0.15, 0.2) is 11.6 Å². The molecule has 1 saturated heterocycles. The summed E-state index contributed by atoms with van der Waals surface area (Å²) >= 11 is 0. The molecule has 0 spiro atoms. The van der Waals surface area contributed by atoms with E-state index >= 15 is 0 Å². The molecule has 3 aliphatic carbocycles. The lowest BCUT2D eigenvalue weighted by Crippen LogP contribution is -2.76. The van der Waals surface area contributed by atoms with Crippen molar-refractivity contribution in [2.24, 2.45) is 34.5 Å². The minimum Gasteiger partial charge on any atom is -0.460 e. The fraction of sp³-hybridized carbons (Fsp3) is 0.857. The summed E-state index contributed by atoms with van der Waals surface area (Å²) in [7, 11) is 1.54. The Bertz CT molecular complexity index is 707. The van der Waals surface area contributed by atoms with Crippen LogP contribution in [0.2, 0.25) is 0 Å². The van der Waals surface area contributed by atoms with Gasteiger partial charge in [0.15, 0.2) is 6.10 Å². The summed E-state index contributed by atoms with van der Waals surface area (Å²) in [5.74, 6) is -2.45. The molecule has 4 rings (SSSR count). The number of allylic oxidation sites excluding steroid dienone is 1. The van der Waals surface area contributed by atoms with Gasteiger partial charge in [0.25, 0.3) is 0 Å². The lowest BCUT2D eigenvalue weighted by Gasteiger charge is -2.70. The van der Waals surface area contributed by atoms with Gasteiger partial charge in [-0.1, -0.05) is 32.4 Å². The second kappa shape index (κ2) is 6.25. The first-order valence-electron chi connectivity index (χ1n) is 10.1. The lowest BCUT2D eigenvalue weighted by atomic mass is 9.38. The third-order valence-electron chi connectivity index (χ3n) is 8.79. The maximum Gasteiger partial charge on any atom is 0.335 e. The van der Waals surface area contributed by atoms with E-state index in [1.165, 1.54) is 7.11 Å². The summed E-state index contributed by atoms with van der Waals surface area (Å²) in [6.07, 6.45) is -3.13. The molecule has 7 nitrogen and oxygen atoms in total. The number of aliphatic hydroxyl groups is 4. The number of hydrogen-bond donors (Lipinski definition) is 4. The number of rotatable bonds is 1. The van der Waals surface area contributed by atoms with Crippen molar-refractivity contribution in [3.8, 4) is 0 Å². The molecule has 28 heavy (non-hydrogen) atoms. The van der Waals surface area contributed by atoms with E-state index in [4.69, 9.17) is 9.47 Å². The molecule has 3 fully saturated rings. The van der Waals surface area contributed by atoms with E-state index in [9.17, 15) is 25.2 Å². The number of fused-ring (bicyclic) bond motifs is 2. The highest BCUT2D eigenvalue weighted by Crippen LogP contribution is 2.68. The highest BCUT2D eigenvalue weighted by molar-refractivity contribution is 5.76. The van der Waals surface area contributed by atoms with Gasteiger partial charge in [0.05, 0.1) is 18.3 Å². The first-order valence-corrected chi connectivity index (χ1v) is 10.1. The molecule has 12 atom stereocenters. The number of methoxy groups -OCH3 is 1. The molecule has 0 aromatic rings. The second-order valence-corrected chi connectivity index (χ2v) is 9.79. The molecule has 0 aromatic carbocycles. The third-order valence-corrected chi connectivity index (χ3v) is 8.79. The first-order chi connectivity index (χ1) is 13.0. The predicted molar refractivity (Wildman–Crippen MR) is 98.9 cm³/mol. The quantitative estimate of drug-likeness (QED) is 0.371. The molecule has 7 heteroatoms. The predicted octanol–water partition coefficient (Wildman–Crippen LogP) is 0.245. The van der Waals surface area contributed by atoms with Crippen molar-refractivity contribution < 1.29 is 34.7 Å². The molecular weight excluding hydrogens is 364 g/mol. The van der Waals surface area contributed by atoms with Gasteiger partial charge in [-0.3, -0.25) is 0 Å². The highest BCUT2D eigenvalue weighted by atomic mass is 16.6. The van der Waals surface area contributed by atoms with Gasteiger partial charge in [-0.15, -0.1) is 0 Å². The van der Waals surface area contributed by atoms with Gasteiger partial charge in [-0.05, 0) is 25.2 Å². The summed E-state index contributed by atoms with van der Waals surface area (Å²) in [6.45, 7) is 7.59. The normalized spacial score (nSPS) is 58.3. The standard InChI is InChI=1S/C21H32O7/c1-8-6-11(27-5)18(25)20(3)10(8)7-12-21(4)13(15(23)19(26)28-12)9(2)14(22)16(24)17(20)21/h6,9-18,22-25H,7H2,1-5H3/t9-,10+,11+,12-,13?,14-,15-,16+,17-,18-,20+,21+/m1/s1. The average Bonchev–Trinajstić information content (AvgIpc) is 2.63. The third kappa shape index (κ3) is 2.20. The molecule has 0 radical (unpaired) electrons. The largest absolute Gasteiger partial charge is 0.460 e. The molecule has 1 heterocycles. The Balaban J connectivity index is 1.93. The molecule has 1 unspecified atom stereocenters. The Kier molecular flexibility index (Phi) is 4.53. The van der Waals surface area contributed by atoms with Crippen LogP contribution in [0.4, 0.5) is 0 Å². The number of aliphatic hydroxyl groups excluding tert-OH is 4. The smallest absolute Gasteiger partial charge is 0.335 e. The maximum atomic E-state index is 12.4. The summed E-state index contributed by atoms with van der Waals surface area (Å²) in [4.78, 5) is 12.4. The highest BCUT2D eigenvalue weighted by Gasteiger charge is 2.74. The number of ether oxygens (including phenoxy) is 2. The minimum absolute atomic E-state index is 0.143. The summed E-state index contributed by atoms with van der Waals surface area (Å²) in [5, 5.41) is 44.1. The topological polar surface area (TPSA) is 116 Å². The van der Waals surface area contributed by atoms with Crippen molar-refractivity contribution in [2.45, 2.75) is 70.7 Å². The Labute approximate surface area is 165 Å². The molecule has 158 valence electrons. The van der Waals surface area contributed by atoms with Gasteiger partial charge < -0.3 is 29.9 Å². The van der Waals surface area contributed by atoms with Crippen LogP contribution in [-0.2, 0) is 14.3 Å². The molecule has 0 bridgehead atoms. The van der Waals surface area contributed by atoms with Crippen molar-refractivity contribution in [2.75, 3.05) is 7.11 Å². The Morgan fingerprint density at radius 3 is 2.39 bits per heavy atom. The van der Waals surface area contributed by atoms with Crippen LogP contribution in [0, 0.1) is 34.5 Å². The van der Waals surface area contributed by atoms with Crippen molar-refractivity contribution in [1.29, 1.82) is 0 Å². The van der Waals surface area contributed by atoms with Crippen LogP contribution >= 0.6 is 0 Å². The summed E-state index contributed by atoms with van der Waals surface area (Å²) in [5.41, 5.74) is -0.582. The number of carbonyl (C=O) groups is 1. The fourth-order valence-electron chi connectivity index (χ4n) is 7.50. The van der Waals surface area contributed by atoms with E-state index in [0.717, 1.165) is 5.57 Å². The number of hydrogen-bond acceptors (Lipinski definition) is 7. The zero-order chi connectivity index (χ0) is 20.8. The average molecular weight is 396 g/mol. The molecule has 0 amide bonds. The van der Waals surface area contributed by atoms with Crippen LogP contribution in [0.5, 0.6) is 0 Å². The molecule has 4 N–H and O–H groups in total. The maximum absolute atomic E-state index is 12.4. The Morgan fingerprint density at radius 2 is 1.79 bits per heavy atom. The van der Waals surface area contributed by atoms with E-state index in [0.29, 0.717) is 6.42 Å². The van der Waals surface area contributed by atoms with E-state index in [1.54, 1.807) is 6.92 Å². The van der Waals surface area contributed by atoms with Crippen molar-refractivity contribution in [1.82, 2.24) is 0 Å². The molecule has 4 aliphatic rings. The van der Waals surface area contributed by atoms with E-state index in [1.807, 2.05) is 26.8 Å². The van der Waals surface area contributed by atoms with Gasteiger partial charge >= 0.3 is 5.97 Å². The molecule has 2 saturated carbocycles. The van der Waals surface area contributed by atoms with Crippen LogP contribution < -0.4 is 0 Å². The summed E-state index contributed by atoms with van der Waals surface area (Å²) < 4.78 is 11.2. The minimum atomic E-state index is -1.36.